The van der Waals surface area contributed by atoms with Crippen LogP contribution in [0.3, 0.4) is 0 Å². The molecule has 0 spiro atoms. The summed E-state index contributed by atoms with van der Waals surface area (Å²) in [5.41, 5.74) is 2.73. The molecule has 0 N–H and O–H groups in total. The summed E-state index contributed by atoms with van der Waals surface area (Å²) in [6.07, 6.45) is 1.22. The van der Waals surface area contributed by atoms with Crippen molar-refractivity contribution in [3.63, 3.8) is 0 Å². The van der Waals surface area contributed by atoms with E-state index < -0.39 is 0 Å². The van der Waals surface area contributed by atoms with Crippen molar-refractivity contribution >= 4 is 0 Å². The SMILES string of the molecule is Cc1ccc(C)n1CC1CCOC1. The molecule has 1 aliphatic rings. The zero-order chi connectivity index (χ0) is 9.26. The second-order valence-corrected chi connectivity index (χ2v) is 3.96. The van der Waals surface area contributed by atoms with E-state index >= 15 is 0 Å². The first kappa shape index (κ1) is 8.82. The Balaban J connectivity index is 2.07. The monoisotopic (exact) mass is 179 g/mol. The van der Waals surface area contributed by atoms with Crippen molar-refractivity contribution < 1.29 is 4.74 Å². The van der Waals surface area contributed by atoms with Gasteiger partial charge in [0.2, 0.25) is 0 Å². The lowest BCUT2D eigenvalue weighted by atomic mass is 10.1. The summed E-state index contributed by atoms with van der Waals surface area (Å²) >= 11 is 0. The van der Waals surface area contributed by atoms with Crippen molar-refractivity contribution in [2.75, 3.05) is 13.2 Å². The number of aromatic nitrogens is 1. The van der Waals surface area contributed by atoms with Gasteiger partial charge in [0, 0.05) is 30.5 Å². The normalized spacial score (nSPS) is 22.5. The predicted molar refractivity (Wildman–Crippen MR) is 52.8 cm³/mol. The number of ether oxygens (including phenoxy) is 1. The molecular formula is C11H17NO. The second kappa shape index (κ2) is 3.54. The van der Waals surface area contributed by atoms with E-state index in [9.17, 15) is 0 Å². The van der Waals surface area contributed by atoms with Crippen LogP contribution in [0.2, 0.25) is 0 Å². The summed E-state index contributed by atoms with van der Waals surface area (Å²) in [4.78, 5) is 0. The van der Waals surface area contributed by atoms with Crippen molar-refractivity contribution in [3.05, 3.63) is 23.5 Å². The zero-order valence-electron chi connectivity index (χ0n) is 8.42. The second-order valence-electron chi connectivity index (χ2n) is 3.96. The third kappa shape index (κ3) is 1.78. The highest BCUT2D eigenvalue weighted by Crippen LogP contribution is 2.17. The van der Waals surface area contributed by atoms with Crippen LogP contribution in [0.25, 0.3) is 0 Å². The van der Waals surface area contributed by atoms with Crippen LogP contribution in [-0.4, -0.2) is 17.8 Å². The minimum atomic E-state index is 0.727. The van der Waals surface area contributed by atoms with Crippen molar-refractivity contribution in [2.24, 2.45) is 5.92 Å². The fourth-order valence-corrected chi connectivity index (χ4v) is 1.97. The highest BCUT2D eigenvalue weighted by Gasteiger charge is 2.16. The van der Waals surface area contributed by atoms with Crippen LogP contribution in [-0.2, 0) is 11.3 Å². The lowest BCUT2D eigenvalue weighted by Crippen LogP contribution is -2.12. The van der Waals surface area contributed by atoms with E-state index in [1.165, 1.54) is 17.8 Å². The van der Waals surface area contributed by atoms with Crippen LogP contribution < -0.4 is 0 Å². The molecule has 0 bridgehead atoms. The topological polar surface area (TPSA) is 14.2 Å². The van der Waals surface area contributed by atoms with E-state index in [-0.39, 0.29) is 0 Å². The molecule has 1 saturated heterocycles. The molecule has 2 heteroatoms. The molecule has 2 heterocycles. The summed E-state index contributed by atoms with van der Waals surface area (Å²) in [6.45, 7) is 7.36. The number of hydrogen-bond acceptors (Lipinski definition) is 1. The quantitative estimate of drug-likeness (QED) is 0.678. The van der Waals surface area contributed by atoms with Crippen molar-refractivity contribution in [1.29, 1.82) is 0 Å². The number of rotatable bonds is 2. The number of hydrogen-bond donors (Lipinski definition) is 0. The summed E-state index contributed by atoms with van der Waals surface area (Å²) in [6, 6.07) is 4.37. The molecule has 0 aliphatic carbocycles. The van der Waals surface area contributed by atoms with Gasteiger partial charge in [-0.3, -0.25) is 0 Å². The lowest BCUT2D eigenvalue weighted by molar-refractivity contribution is 0.182. The molecule has 1 atom stereocenters. The Labute approximate surface area is 79.5 Å². The Hall–Kier alpha value is -0.760. The molecule has 1 fully saturated rings. The summed E-state index contributed by atoms with van der Waals surface area (Å²) in [5.74, 6) is 0.727. The van der Waals surface area contributed by atoms with Gasteiger partial charge in [-0.1, -0.05) is 0 Å². The Morgan fingerprint density at radius 3 is 2.62 bits per heavy atom. The summed E-state index contributed by atoms with van der Waals surface area (Å²) in [5, 5.41) is 0. The van der Waals surface area contributed by atoms with Crippen LogP contribution in [0.4, 0.5) is 0 Å². The molecule has 1 aliphatic heterocycles. The van der Waals surface area contributed by atoms with Crippen LogP contribution in [0.15, 0.2) is 12.1 Å². The molecule has 72 valence electrons. The fourth-order valence-electron chi connectivity index (χ4n) is 1.97. The summed E-state index contributed by atoms with van der Waals surface area (Å²) in [7, 11) is 0. The smallest absolute Gasteiger partial charge is 0.0512 e. The van der Waals surface area contributed by atoms with Crippen LogP contribution in [0.1, 0.15) is 17.8 Å². The van der Waals surface area contributed by atoms with Gasteiger partial charge >= 0.3 is 0 Å². The molecule has 2 rings (SSSR count). The predicted octanol–water partition coefficient (Wildman–Crippen LogP) is 2.14. The van der Waals surface area contributed by atoms with Crippen molar-refractivity contribution in [3.8, 4) is 0 Å². The maximum absolute atomic E-state index is 5.37. The van der Waals surface area contributed by atoms with E-state index in [2.05, 4.69) is 30.5 Å². The highest BCUT2D eigenvalue weighted by molar-refractivity contribution is 5.13. The molecule has 0 radical (unpaired) electrons. The van der Waals surface area contributed by atoms with Crippen LogP contribution in [0.5, 0.6) is 0 Å². The van der Waals surface area contributed by atoms with E-state index in [4.69, 9.17) is 4.74 Å². The van der Waals surface area contributed by atoms with Crippen LogP contribution >= 0.6 is 0 Å². The molecule has 13 heavy (non-hydrogen) atoms. The molecule has 1 aromatic rings. The van der Waals surface area contributed by atoms with E-state index in [1.54, 1.807) is 0 Å². The van der Waals surface area contributed by atoms with Gasteiger partial charge in [0.05, 0.1) is 6.61 Å². The Kier molecular flexibility index (Phi) is 2.40. The fraction of sp³-hybridized carbons (Fsp3) is 0.636. The van der Waals surface area contributed by atoms with Crippen molar-refractivity contribution in [1.82, 2.24) is 4.57 Å². The van der Waals surface area contributed by atoms with Gasteiger partial charge in [-0.2, -0.15) is 0 Å². The number of nitrogens with zero attached hydrogens (tertiary/aromatic N) is 1. The van der Waals surface area contributed by atoms with Gasteiger partial charge in [-0.05, 0) is 32.4 Å². The van der Waals surface area contributed by atoms with Gasteiger partial charge in [0.15, 0.2) is 0 Å². The largest absolute Gasteiger partial charge is 0.381 e. The maximum Gasteiger partial charge on any atom is 0.0512 e. The van der Waals surface area contributed by atoms with Gasteiger partial charge in [-0.15, -0.1) is 0 Å². The molecule has 1 unspecified atom stereocenters. The maximum atomic E-state index is 5.37. The van der Waals surface area contributed by atoms with E-state index in [0.29, 0.717) is 0 Å². The van der Waals surface area contributed by atoms with E-state index in [0.717, 1.165) is 25.7 Å². The molecule has 0 amide bonds. The standard InChI is InChI=1S/C11H17NO/c1-9-3-4-10(2)12(9)7-11-5-6-13-8-11/h3-4,11H,5-8H2,1-2H3. The lowest BCUT2D eigenvalue weighted by Gasteiger charge is -2.13. The van der Waals surface area contributed by atoms with Crippen LogP contribution in [0, 0.1) is 19.8 Å². The van der Waals surface area contributed by atoms with Gasteiger partial charge < -0.3 is 9.30 Å². The average Bonchev–Trinajstić information content (AvgIpc) is 2.70. The average molecular weight is 179 g/mol. The Bertz CT molecular complexity index is 265. The first-order valence-electron chi connectivity index (χ1n) is 4.98. The van der Waals surface area contributed by atoms with Crippen molar-refractivity contribution in [2.45, 2.75) is 26.8 Å². The minimum absolute atomic E-state index is 0.727. The molecular weight excluding hydrogens is 162 g/mol. The van der Waals surface area contributed by atoms with Gasteiger partial charge in [-0.25, -0.2) is 0 Å². The highest BCUT2D eigenvalue weighted by atomic mass is 16.5. The zero-order valence-corrected chi connectivity index (χ0v) is 8.42. The Morgan fingerprint density at radius 2 is 2.08 bits per heavy atom. The molecule has 0 aromatic carbocycles. The minimum Gasteiger partial charge on any atom is -0.381 e. The molecule has 1 aromatic heterocycles. The third-order valence-corrected chi connectivity index (χ3v) is 2.88. The first-order valence-corrected chi connectivity index (χ1v) is 4.98. The number of aryl methyl sites for hydroxylation is 2. The summed E-state index contributed by atoms with van der Waals surface area (Å²) < 4.78 is 7.76. The molecule has 2 nitrogen and oxygen atoms in total. The third-order valence-electron chi connectivity index (χ3n) is 2.88. The van der Waals surface area contributed by atoms with E-state index in [1.807, 2.05) is 0 Å². The molecule has 0 saturated carbocycles. The first-order chi connectivity index (χ1) is 6.27. The Morgan fingerprint density at radius 1 is 1.38 bits per heavy atom. The van der Waals surface area contributed by atoms with Gasteiger partial charge in [0.1, 0.15) is 0 Å². The van der Waals surface area contributed by atoms with Gasteiger partial charge in [0.25, 0.3) is 0 Å².